The lowest BCUT2D eigenvalue weighted by Gasteiger charge is -2.17. The molecule has 0 bridgehead atoms. The van der Waals surface area contributed by atoms with E-state index in [-0.39, 0.29) is 18.7 Å². The number of nitrogens with zero attached hydrogens (tertiary/aromatic N) is 1. The van der Waals surface area contributed by atoms with Crippen LogP contribution in [-0.2, 0) is 14.4 Å². The Morgan fingerprint density at radius 1 is 1.50 bits per heavy atom. The Morgan fingerprint density at radius 2 is 2.20 bits per heavy atom. The summed E-state index contributed by atoms with van der Waals surface area (Å²) in [6.07, 6.45) is 7.45. The topological polar surface area (TPSA) is 86.7 Å². The van der Waals surface area contributed by atoms with E-state index >= 15 is 0 Å². The second kappa shape index (κ2) is 5.95. The predicted molar refractivity (Wildman–Crippen MR) is 70.4 cm³/mol. The maximum atomic E-state index is 12.0. The van der Waals surface area contributed by atoms with Crippen LogP contribution >= 0.6 is 0 Å². The van der Waals surface area contributed by atoms with Gasteiger partial charge in [0.05, 0.1) is 5.92 Å². The fourth-order valence-corrected chi connectivity index (χ4v) is 2.34. The third-order valence-electron chi connectivity index (χ3n) is 3.70. The standard InChI is InChI=1S/C14H18N2O4/c1-2-3-11(14(19)20)15-13(18)10-6-12(17)16(8-10)7-9-4-5-9/h1,9-11H,3-8H2,(H,15,18)(H,19,20). The van der Waals surface area contributed by atoms with Crippen LogP contribution in [0.5, 0.6) is 0 Å². The molecule has 2 unspecified atom stereocenters. The van der Waals surface area contributed by atoms with Crippen LogP contribution in [0.3, 0.4) is 0 Å². The average Bonchev–Trinajstić information content (AvgIpc) is 3.12. The quantitative estimate of drug-likeness (QED) is 0.661. The number of terminal acetylenes is 1. The fraction of sp³-hybridized carbons (Fsp3) is 0.643. The molecule has 1 aliphatic heterocycles. The molecule has 108 valence electrons. The zero-order valence-corrected chi connectivity index (χ0v) is 11.2. The van der Waals surface area contributed by atoms with Gasteiger partial charge < -0.3 is 15.3 Å². The maximum Gasteiger partial charge on any atom is 0.327 e. The van der Waals surface area contributed by atoms with E-state index in [9.17, 15) is 14.4 Å². The van der Waals surface area contributed by atoms with Gasteiger partial charge in [0, 0.05) is 25.9 Å². The third-order valence-corrected chi connectivity index (χ3v) is 3.70. The number of carboxylic acid groups (broad SMARTS) is 1. The minimum Gasteiger partial charge on any atom is -0.480 e. The summed E-state index contributed by atoms with van der Waals surface area (Å²) in [7, 11) is 0. The molecule has 2 amide bonds. The average molecular weight is 278 g/mol. The minimum absolute atomic E-state index is 0.0270. The van der Waals surface area contributed by atoms with Gasteiger partial charge in [0.15, 0.2) is 0 Å². The van der Waals surface area contributed by atoms with Crippen LogP contribution in [0.15, 0.2) is 0 Å². The Labute approximate surface area is 117 Å². The first kappa shape index (κ1) is 14.4. The summed E-state index contributed by atoms with van der Waals surface area (Å²) < 4.78 is 0. The molecule has 2 rings (SSSR count). The van der Waals surface area contributed by atoms with Crippen LogP contribution in [0, 0.1) is 24.2 Å². The van der Waals surface area contributed by atoms with Crippen molar-refractivity contribution in [3.8, 4) is 12.3 Å². The van der Waals surface area contributed by atoms with E-state index in [2.05, 4.69) is 11.2 Å². The molecule has 2 N–H and O–H groups in total. The number of carbonyl (C=O) groups excluding carboxylic acids is 2. The van der Waals surface area contributed by atoms with Gasteiger partial charge in [-0.1, -0.05) is 0 Å². The van der Waals surface area contributed by atoms with E-state index in [4.69, 9.17) is 11.5 Å². The SMILES string of the molecule is C#CCC(NC(=O)C1CC(=O)N(CC2CC2)C1)C(=O)O. The number of amides is 2. The summed E-state index contributed by atoms with van der Waals surface area (Å²) in [4.78, 5) is 36.4. The number of aliphatic carboxylic acids is 1. The lowest BCUT2D eigenvalue weighted by molar-refractivity contribution is -0.142. The van der Waals surface area contributed by atoms with Crippen molar-refractivity contribution in [2.75, 3.05) is 13.1 Å². The van der Waals surface area contributed by atoms with Gasteiger partial charge in [-0.3, -0.25) is 9.59 Å². The summed E-state index contributed by atoms with van der Waals surface area (Å²) in [5.74, 6) is 0.743. The molecule has 6 nitrogen and oxygen atoms in total. The highest BCUT2D eigenvalue weighted by molar-refractivity contribution is 5.91. The largest absolute Gasteiger partial charge is 0.480 e. The zero-order chi connectivity index (χ0) is 14.7. The van der Waals surface area contributed by atoms with Gasteiger partial charge in [-0.15, -0.1) is 12.3 Å². The van der Waals surface area contributed by atoms with E-state index in [1.165, 1.54) is 0 Å². The van der Waals surface area contributed by atoms with E-state index in [1.54, 1.807) is 4.90 Å². The number of rotatable bonds is 6. The molecular weight excluding hydrogens is 260 g/mol. The van der Waals surface area contributed by atoms with Crippen molar-refractivity contribution in [1.82, 2.24) is 10.2 Å². The van der Waals surface area contributed by atoms with E-state index < -0.39 is 23.8 Å². The minimum atomic E-state index is -1.16. The number of carboxylic acids is 1. The Bertz CT molecular complexity index is 464. The van der Waals surface area contributed by atoms with Crippen molar-refractivity contribution in [3.05, 3.63) is 0 Å². The van der Waals surface area contributed by atoms with Gasteiger partial charge in [0.1, 0.15) is 6.04 Å². The number of hydrogen-bond acceptors (Lipinski definition) is 3. The summed E-state index contributed by atoms with van der Waals surface area (Å²) >= 11 is 0. The second-order valence-corrected chi connectivity index (χ2v) is 5.45. The molecule has 0 aromatic heterocycles. The van der Waals surface area contributed by atoms with Gasteiger partial charge in [-0.05, 0) is 18.8 Å². The summed E-state index contributed by atoms with van der Waals surface area (Å²) in [5.41, 5.74) is 0. The van der Waals surface area contributed by atoms with Crippen molar-refractivity contribution < 1.29 is 19.5 Å². The van der Waals surface area contributed by atoms with Crippen LogP contribution in [0.4, 0.5) is 0 Å². The van der Waals surface area contributed by atoms with E-state index in [1.807, 2.05) is 0 Å². The van der Waals surface area contributed by atoms with Gasteiger partial charge in [0.25, 0.3) is 0 Å². The molecule has 0 aromatic rings. The van der Waals surface area contributed by atoms with Gasteiger partial charge in [-0.25, -0.2) is 4.79 Å². The number of carbonyl (C=O) groups is 3. The molecule has 2 fully saturated rings. The van der Waals surface area contributed by atoms with Crippen molar-refractivity contribution in [2.45, 2.75) is 31.7 Å². The van der Waals surface area contributed by atoms with E-state index in [0.717, 1.165) is 19.4 Å². The molecule has 1 heterocycles. The number of likely N-dealkylation sites (tertiary alicyclic amines) is 1. The predicted octanol–water partition coefficient (Wildman–Crippen LogP) is -0.162. The first-order chi connectivity index (χ1) is 9.51. The van der Waals surface area contributed by atoms with Crippen LogP contribution < -0.4 is 5.32 Å². The second-order valence-electron chi connectivity index (χ2n) is 5.45. The molecular formula is C14H18N2O4. The van der Waals surface area contributed by atoms with E-state index in [0.29, 0.717) is 12.5 Å². The highest BCUT2D eigenvalue weighted by Gasteiger charge is 2.38. The zero-order valence-electron chi connectivity index (χ0n) is 11.2. The summed E-state index contributed by atoms with van der Waals surface area (Å²) in [5, 5.41) is 11.3. The first-order valence-corrected chi connectivity index (χ1v) is 6.75. The maximum absolute atomic E-state index is 12.0. The molecule has 20 heavy (non-hydrogen) atoms. The molecule has 1 saturated heterocycles. The molecule has 0 radical (unpaired) electrons. The Balaban J connectivity index is 1.87. The van der Waals surface area contributed by atoms with Crippen molar-refractivity contribution >= 4 is 17.8 Å². The summed E-state index contributed by atoms with van der Waals surface area (Å²) in [6, 6.07) is -1.08. The normalized spacial score (nSPS) is 23.2. The molecule has 0 spiro atoms. The molecule has 0 aromatic carbocycles. The van der Waals surface area contributed by atoms with Crippen molar-refractivity contribution in [3.63, 3.8) is 0 Å². The summed E-state index contributed by atoms with van der Waals surface area (Å²) in [6.45, 7) is 1.10. The van der Waals surface area contributed by atoms with Gasteiger partial charge in [-0.2, -0.15) is 0 Å². The molecule has 6 heteroatoms. The van der Waals surface area contributed by atoms with Gasteiger partial charge in [0.2, 0.25) is 11.8 Å². The molecule has 2 atom stereocenters. The highest BCUT2D eigenvalue weighted by atomic mass is 16.4. The monoisotopic (exact) mass is 278 g/mol. The fourth-order valence-electron chi connectivity index (χ4n) is 2.34. The van der Waals surface area contributed by atoms with Crippen molar-refractivity contribution in [1.29, 1.82) is 0 Å². The van der Waals surface area contributed by atoms with Crippen LogP contribution in [0.1, 0.15) is 25.7 Å². The Morgan fingerprint density at radius 3 is 2.75 bits per heavy atom. The van der Waals surface area contributed by atoms with Crippen LogP contribution in [0.25, 0.3) is 0 Å². The van der Waals surface area contributed by atoms with Gasteiger partial charge >= 0.3 is 5.97 Å². The third kappa shape index (κ3) is 3.50. The molecule has 2 aliphatic rings. The molecule has 1 aliphatic carbocycles. The lowest BCUT2D eigenvalue weighted by Crippen LogP contribution is -2.44. The highest BCUT2D eigenvalue weighted by Crippen LogP contribution is 2.32. The van der Waals surface area contributed by atoms with Crippen LogP contribution in [0.2, 0.25) is 0 Å². The Hall–Kier alpha value is -2.03. The first-order valence-electron chi connectivity index (χ1n) is 6.75. The van der Waals surface area contributed by atoms with Crippen molar-refractivity contribution in [2.24, 2.45) is 11.8 Å². The Kier molecular flexibility index (Phi) is 4.28. The number of nitrogens with one attached hydrogen (secondary N) is 1. The smallest absolute Gasteiger partial charge is 0.327 e. The lowest BCUT2D eigenvalue weighted by atomic mass is 10.1. The number of hydrogen-bond donors (Lipinski definition) is 2. The van der Waals surface area contributed by atoms with Crippen LogP contribution in [-0.4, -0.2) is 46.9 Å². The molecule has 1 saturated carbocycles.